The average Bonchev–Trinajstić information content (AvgIpc) is 2.40. The van der Waals surface area contributed by atoms with Crippen LogP contribution in [-0.2, 0) is 0 Å². The summed E-state index contributed by atoms with van der Waals surface area (Å²) in [4.78, 5) is 29.6. The lowest BCUT2D eigenvalue weighted by Gasteiger charge is -2.07. The molecule has 0 aromatic carbocycles. The molecule has 0 aliphatic carbocycles. The van der Waals surface area contributed by atoms with E-state index in [1.165, 1.54) is 24.5 Å². The first kappa shape index (κ1) is 14.2. The molecule has 0 aliphatic heterocycles. The van der Waals surface area contributed by atoms with Crippen molar-refractivity contribution in [2.24, 2.45) is 0 Å². The molecule has 0 bridgehead atoms. The number of carbonyl (C=O) groups excluding carboxylic acids is 1. The zero-order valence-electron chi connectivity index (χ0n) is 9.71. The largest absolute Gasteiger partial charge is 0.319 e. The molecule has 0 aliphatic rings. The number of anilines is 1. The van der Waals surface area contributed by atoms with Crippen molar-refractivity contribution in [1.82, 2.24) is 9.97 Å². The number of halogens is 2. The molecule has 2 aromatic rings. The van der Waals surface area contributed by atoms with Crippen LogP contribution >= 0.6 is 23.2 Å². The molecule has 102 valence electrons. The number of nitrogens with zero attached hydrogens (tertiary/aromatic N) is 3. The fourth-order valence-electron chi connectivity index (χ4n) is 1.45. The van der Waals surface area contributed by atoms with Crippen molar-refractivity contribution in [3.8, 4) is 0 Å². The number of carbonyl (C=O) groups is 1. The van der Waals surface area contributed by atoms with Crippen LogP contribution in [0.3, 0.4) is 0 Å². The molecule has 0 fully saturated rings. The van der Waals surface area contributed by atoms with Gasteiger partial charge in [0, 0.05) is 12.4 Å². The first-order valence-corrected chi connectivity index (χ1v) is 5.97. The normalized spacial score (nSPS) is 10.1. The van der Waals surface area contributed by atoms with Crippen molar-refractivity contribution in [3.63, 3.8) is 0 Å². The standard InChI is InChI=1S/C11H6Cl2N4O3/c12-9-7(2-1-4-14-9)16-11(18)6-3-5-15-10(13)8(6)17(19)20/h1-5H,(H,16,18). The summed E-state index contributed by atoms with van der Waals surface area (Å²) in [6.07, 6.45) is 2.65. The van der Waals surface area contributed by atoms with E-state index in [0.29, 0.717) is 0 Å². The summed E-state index contributed by atoms with van der Waals surface area (Å²) in [5.41, 5.74) is -0.539. The first-order valence-electron chi connectivity index (χ1n) is 5.21. The fourth-order valence-corrected chi connectivity index (χ4v) is 1.85. The summed E-state index contributed by atoms with van der Waals surface area (Å²) >= 11 is 11.4. The Balaban J connectivity index is 2.38. The number of amides is 1. The number of nitrogens with one attached hydrogen (secondary N) is 1. The van der Waals surface area contributed by atoms with Crippen LogP contribution in [0.4, 0.5) is 11.4 Å². The second kappa shape index (κ2) is 5.81. The highest BCUT2D eigenvalue weighted by molar-refractivity contribution is 6.33. The number of aromatic nitrogens is 2. The Morgan fingerprint density at radius 3 is 2.55 bits per heavy atom. The van der Waals surface area contributed by atoms with E-state index >= 15 is 0 Å². The minimum atomic E-state index is -0.769. The summed E-state index contributed by atoms with van der Waals surface area (Å²) in [7, 11) is 0. The molecule has 0 atom stereocenters. The van der Waals surface area contributed by atoms with Gasteiger partial charge in [-0.25, -0.2) is 9.97 Å². The summed E-state index contributed by atoms with van der Waals surface area (Å²) in [6, 6.07) is 4.28. The Bertz CT molecular complexity index is 693. The van der Waals surface area contributed by atoms with Gasteiger partial charge in [0.05, 0.1) is 10.6 Å². The number of nitro groups is 1. The van der Waals surface area contributed by atoms with Gasteiger partial charge in [-0.3, -0.25) is 14.9 Å². The predicted molar refractivity (Wildman–Crippen MR) is 73.1 cm³/mol. The van der Waals surface area contributed by atoms with E-state index in [-0.39, 0.29) is 21.6 Å². The third kappa shape index (κ3) is 2.84. The third-order valence-electron chi connectivity index (χ3n) is 2.31. The third-order valence-corrected chi connectivity index (χ3v) is 2.89. The summed E-state index contributed by atoms with van der Waals surface area (Å²) in [5, 5.41) is 13.1. The van der Waals surface area contributed by atoms with Crippen molar-refractivity contribution < 1.29 is 9.72 Å². The van der Waals surface area contributed by atoms with E-state index < -0.39 is 16.5 Å². The van der Waals surface area contributed by atoms with Gasteiger partial charge in [0.2, 0.25) is 5.15 Å². The minimum Gasteiger partial charge on any atom is -0.319 e. The zero-order chi connectivity index (χ0) is 14.7. The Labute approximate surface area is 122 Å². The predicted octanol–water partition coefficient (Wildman–Crippen LogP) is 2.94. The summed E-state index contributed by atoms with van der Waals surface area (Å²) < 4.78 is 0. The molecule has 1 amide bonds. The van der Waals surface area contributed by atoms with E-state index in [1.807, 2.05) is 0 Å². The molecule has 2 heterocycles. The maximum Gasteiger partial charge on any atom is 0.319 e. The average molecular weight is 313 g/mol. The maximum absolute atomic E-state index is 12.1. The van der Waals surface area contributed by atoms with Crippen LogP contribution in [0.15, 0.2) is 30.6 Å². The summed E-state index contributed by atoms with van der Waals surface area (Å²) in [5.74, 6) is -0.726. The second-order valence-corrected chi connectivity index (χ2v) is 4.27. The van der Waals surface area contributed by atoms with Crippen LogP contribution in [-0.4, -0.2) is 20.8 Å². The van der Waals surface area contributed by atoms with Crippen LogP contribution in [0, 0.1) is 10.1 Å². The Morgan fingerprint density at radius 1 is 1.20 bits per heavy atom. The van der Waals surface area contributed by atoms with Gasteiger partial charge in [-0.05, 0) is 18.2 Å². The molecule has 20 heavy (non-hydrogen) atoms. The number of hydrogen-bond acceptors (Lipinski definition) is 5. The van der Waals surface area contributed by atoms with Crippen molar-refractivity contribution in [1.29, 1.82) is 0 Å². The monoisotopic (exact) mass is 312 g/mol. The van der Waals surface area contributed by atoms with Crippen LogP contribution in [0.5, 0.6) is 0 Å². The lowest BCUT2D eigenvalue weighted by atomic mass is 10.2. The smallest absolute Gasteiger partial charge is 0.319 e. The second-order valence-electron chi connectivity index (χ2n) is 3.55. The van der Waals surface area contributed by atoms with Gasteiger partial charge in [-0.1, -0.05) is 23.2 Å². The molecule has 7 nitrogen and oxygen atoms in total. The van der Waals surface area contributed by atoms with Gasteiger partial charge in [-0.15, -0.1) is 0 Å². The lowest BCUT2D eigenvalue weighted by molar-refractivity contribution is -0.385. The Kier molecular flexibility index (Phi) is 4.11. The number of rotatable bonds is 3. The van der Waals surface area contributed by atoms with Gasteiger partial charge in [0.15, 0.2) is 5.15 Å². The molecule has 0 radical (unpaired) electrons. The molecule has 2 aromatic heterocycles. The SMILES string of the molecule is O=C(Nc1cccnc1Cl)c1ccnc(Cl)c1[N+](=O)[O-]. The molecule has 1 N–H and O–H groups in total. The fraction of sp³-hybridized carbons (Fsp3) is 0. The van der Waals surface area contributed by atoms with Crippen LogP contribution < -0.4 is 5.32 Å². The Hall–Kier alpha value is -2.25. The van der Waals surface area contributed by atoms with Crippen molar-refractivity contribution in [2.75, 3.05) is 5.32 Å². The Morgan fingerprint density at radius 2 is 1.90 bits per heavy atom. The van der Waals surface area contributed by atoms with Gasteiger partial charge in [0.25, 0.3) is 5.91 Å². The van der Waals surface area contributed by atoms with Crippen molar-refractivity contribution >= 4 is 40.5 Å². The lowest BCUT2D eigenvalue weighted by Crippen LogP contribution is -2.15. The molecule has 0 saturated carbocycles. The summed E-state index contributed by atoms with van der Waals surface area (Å²) in [6.45, 7) is 0. The van der Waals surface area contributed by atoms with E-state index in [4.69, 9.17) is 23.2 Å². The highest BCUT2D eigenvalue weighted by Gasteiger charge is 2.25. The van der Waals surface area contributed by atoms with Crippen LogP contribution in [0.2, 0.25) is 10.3 Å². The molecular weight excluding hydrogens is 307 g/mol. The zero-order valence-corrected chi connectivity index (χ0v) is 11.2. The highest BCUT2D eigenvalue weighted by Crippen LogP contribution is 2.27. The first-order chi connectivity index (χ1) is 9.50. The molecule has 0 saturated heterocycles. The van der Waals surface area contributed by atoms with Crippen molar-refractivity contribution in [3.05, 3.63) is 56.6 Å². The van der Waals surface area contributed by atoms with E-state index in [9.17, 15) is 14.9 Å². The number of pyridine rings is 2. The molecule has 0 spiro atoms. The maximum atomic E-state index is 12.1. The number of hydrogen-bond donors (Lipinski definition) is 1. The van der Waals surface area contributed by atoms with E-state index in [1.54, 1.807) is 6.07 Å². The molecule has 0 unspecified atom stereocenters. The van der Waals surface area contributed by atoms with Gasteiger partial charge < -0.3 is 5.32 Å². The molecular formula is C11H6Cl2N4O3. The quantitative estimate of drug-likeness (QED) is 0.533. The molecule has 2 rings (SSSR count). The minimum absolute atomic E-state index is 0.0728. The van der Waals surface area contributed by atoms with Gasteiger partial charge in [0.1, 0.15) is 5.56 Å². The molecule has 9 heteroatoms. The highest BCUT2D eigenvalue weighted by atomic mass is 35.5. The van der Waals surface area contributed by atoms with Crippen LogP contribution in [0.1, 0.15) is 10.4 Å². The van der Waals surface area contributed by atoms with Crippen molar-refractivity contribution in [2.45, 2.75) is 0 Å². The van der Waals surface area contributed by atoms with Gasteiger partial charge >= 0.3 is 5.69 Å². The van der Waals surface area contributed by atoms with Gasteiger partial charge in [-0.2, -0.15) is 0 Å². The van der Waals surface area contributed by atoms with E-state index in [2.05, 4.69) is 15.3 Å². The topological polar surface area (TPSA) is 98.0 Å². The van der Waals surface area contributed by atoms with E-state index in [0.717, 1.165) is 0 Å². The van der Waals surface area contributed by atoms with Crippen LogP contribution in [0.25, 0.3) is 0 Å².